The molecule has 0 aliphatic heterocycles. The molecule has 1 atom stereocenters. The van der Waals surface area contributed by atoms with Gasteiger partial charge in [0.1, 0.15) is 17.2 Å². The molecule has 0 unspecified atom stereocenters. The summed E-state index contributed by atoms with van der Waals surface area (Å²) in [5.41, 5.74) is 8.54. The molecule has 0 aliphatic rings. The van der Waals surface area contributed by atoms with Crippen LogP contribution in [0.25, 0.3) is 27.7 Å². The summed E-state index contributed by atoms with van der Waals surface area (Å²) < 4.78 is 6.89. The molecule has 0 aliphatic carbocycles. The summed E-state index contributed by atoms with van der Waals surface area (Å²) in [6.07, 6.45) is 3.04. The number of nitrogens with two attached hydrogens (primary N) is 1. The van der Waals surface area contributed by atoms with Crippen molar-refractivity contribution in [2.45, 2.75) is 19.9 Å². The van der Waals surface area contributed by atoms with Gasteiger partial charge in [0.25, 0.3) is 11.5 Å². The summed E-state index contributed by atoms with van der Waals surface area (Å²) in [4.78, 5) is 46.4. The van der Waals surface area contributed by atoms with E-state index in [1.807, 2.05) is 62.4 Å². The molecule has 41 heavy (non-hydrogen) atoms. The lowest BCUT2D eigenvalue weighted by atomic mass is 10.0. The molecule has 5 aromatic rings. The van der Waals surface area contributed by atoms with E-state index in [0.29, 0.717) is 40.4 Å². The van der Waals surface area contributed by atoms with Gasteiger partial charge >= 0.3 is 0 Å². The first kappa shape index (κ1) is 27.3. The lowest BCUT2D eigenvalue weighted by Crippen LogP contribution is -2.30. The Morgan fingerprint density at radius 2 is 1.88 bits per heavy atom. The maximum Gasteiger partial charge on any atom is 0.266 e. The number of fused-ring (bicyclic) bond motifs is 1. The van der Waals surface area contributed by atoms with Gasteiger partial charge in [-0.25, -0.2) is 15.0 Å². The number of nitrogen functional groups attached to an aromatic ring is 1. The van der Waals surface area contributed by atoms with Crippen LogP contribution in [0.2, 0.25) is 0 Å². The molecule has 1 amide bonds. The molecule has 0 radical (unpaired) electrons. The van der Waals surface area contributed by atoms with E-state index in [9.17, 15) is 9.59 Å². The first-order valence-corrected chi connectivity index (χ1v) is 13.1. The molecular weight excluding hydrogens is 520 g/mol. The SMILES string of the molecule is CCN(C)C(=O)c1cnc(N)nc1N[C@H](C)c1nc2cccc(-c3ccnc(OC)c3)c2c(=O)n1-c1ccccc1. The Kier molecular flexibility index (Phi) is 7.59. The molecule has 0 saturated carbocycles. The Morgan fingerprint density at radius 1 is 1.10 bits per heavy atom. The van der Waals surface area contributed by atoms with Gasteiger partial charge in [-0.05, 0) is 49.2 Å². The van der Waals surface area contributed by atoms with E-state index in [1.54, 1.807) is 42.0 Å². The van der Waals surface area contributed by atoms with Crippen molar-refractivity contribution in [3.05, 3.63) is 94.8 Å². The highest BCUT2D eigenvalue weighted by Gasteiger charge is 2.24. The van der Waals surface area contributed by atoms with Gasteiger partial charge in [0.2, 0.25) is 11.8 Å². The van der Waals surface area contributed by atoms with Crippen molar-refractivity contribution >= 4 is 28.6 Å². The Balaban J connectivity index is 1.70. The van der Waals surface area contributed by atoms with E-state index in [4.69, 9.17) is 15.5 Å². The second kappa shape index (κ2) is 11.4. The maximum atomic E-state index is 14.4. The molecule has 0 spiro atoms. The van der Waals surface area contributed by atoms with Gasteiger partial charge in [-0.15, -0.1) is 0 Å². The molecule has 0 saturated heterocycles. The molecular formula is C30H30N8O3. The number of anilines is 2. The van der Waals surface area contributed by atoms with Crippen LogP contribution in [0, 0.1) is 0 Å². The average Bonchev–Trinajstić information content (AvgIpc) is 3.00. The van der Waals surface area contributed by atoms with E-state index in [1.165, 1.54) is 6.20 Å². The van der Waals surface area contributed by atoms with Crippen molar-refractivity contribution in [2.75, 3.05) is 31.8 Å². The minimum absolute atomic E-state index is 0.0137. The predicted molar refractivity (Wildman–Crippen MR) is 158 cm³/mol. The van der Waals surface area contributed by atoms with Crippen LogP contribution in [0.5, 0.6) is 5.88 Å². The first-order valence-electron chi connectivity index (χ1n) is 13.1. The standard InChI is InChI=1S/C30H30N8O3/c1-5-37(3)28(39)22-17-33-30(31)36-26(22)34-18(2)27-35-23-13-9-12-21(19-14-15-32-24(16-19)41-4)25(23)29(40)38(27)20-10-7-6-8-11-20/h6-18H,5H2,1-4H3,(H3,31,33,34,36)/t18-/m1/s1. The third-order valence-electron chi connectivity index (χ3n) is 6.79. The van der Waals surface area contributed by atoms with Crippen molar-refractivity contribution < 1.29 is 9.53 Å². The van der Waals surface area contributed by atoms with E-state index < -0.39 is 6.04 Å². The number of hydrogen-bond acceptors (Lipinski definition) is 9. The van der Waals surface area contributed by atoms with Crippen LogP contribution in [0.4, 0.5) is 11.8 Å². The number of ether oxygens (including phenoxy) is 1. The number of nitrogens with one attached hydrogen (secondary N) is 1. The maximum absolute atomic E-state index is 14.4. The van der Waals surface area contributed by atoms with E-state index >= 15 is 0 Å². The summed E-state index contributed by atoms with van der Waals surface area (Å²) in [7, 11) is 3.24. The fourth-order valence-electron chi connectivity index (χ4n) is 4.57. The molecule has 3 heterocycles. The summed E-state index contributed by atoms with van der Waals surface area (Å²) in [6.45, 7) is 4.23. The van der Waals surface area contributed by atoms with Gasteiger partial charge in [-0.1, -0.05) is 30.3 Å². The summed E-state index contributed by atoms with van der Waals surface area (Å²) in [6, 6.07) is 17.9. The zero-order valence-corrected chi connectivity index (χ0v) is 23.2. The zero-order valence-electron chi connectivity index (χ0n) is 23.2. The van der Waals surface area contributed by atoms with Crippen LogP contribution in [0.3, 0.4) is 0 Å². The fraction of sp³-hybridized carbons (Fsp3) is 0.200. The van der Waals surface area contributed by atoms with Gasteiger partial charge in [0.15, 0.2) is 0 Å². The van der Waals surface area contributed by atoms with Crippen molar-refractivity contribution in [2.24, 2.45) is 0 Å². The second-order valence-electron chi connectivity index (χ2n) is 9.41. The van der Waals surface area contributed by atoms with Gasteiger partial charge in [0.05, 0.1) is 29.7 Å². The number of amides is 1. The van der Waals surface area contributed by atoms with Crippen LogP contribution >= 0.6 is 0 Å². The third kappa shape index (κ3) is 5.29. The number of methoxy groups -OCH3 is 1. The average molecular weight is 551 g/mol. The largest absolute Gasteiger partial charge is 0.481 e. The topological polar surface area (TPSA) is 141 Å². The number of pyridine rings is 1. The molecule has 2 aromatic carbocycles. The number of nitrogens with zero attached hydrogens (tertiary/aromatic N) is 6. The van der Waals surface area contributed by atoms with E-state index in [2.05, 4.69) is 20.3 Å². The molecule has 11 heteroatoms. The Hall–Kier alpha value is -5.32. The highest BCUT2D eigenvalue weighted by Crippen LogP contribution is 2.30. The number of carbonyl (C=O) groups excluding carboxylic acids is 1. The van der Waals surface area contributed by atoms with Crippen LogP contribution < -0.4 is 21.3 Å². The Labute approximate surface area is 236 Å². The summed E-state index contributed by atoms with van der Waals surface area (Å²) in [5, 5.41) is 3.72. The van der Waals surface area contributed by atoms with Crippen molar-refractivity contribution in [1.82, 2.24) is 29.4 Å². The molecule has 208 valence electrons. The number of carbonyl (C=O) groups is 1. The number of rotatable bonds is 8. The van der Waals surface area contributed by atoms with E-state index in [-0.39, 0.29) is 28.8 Å². The third-order valence-corrected chi connectivity index (χ3v) is 6.79. The van der Waals surface area contributed by atoms with Crippen molar-refractivity contribution in [3.63, 3.8) is 0 Å². The van der Waals surface area contributed by atoms with Gasteiger partial charge < -0.3 is 20.7 Å². The smallest absolute Gasteiger partial charge is 0.266 e. The van der Waals surface area contributed by atoms with Crippen LogP contribution in [0.15, 0.2) is 77.9 Å². The number of hydrogen-bond donors (Lipinski definition) is 2. The number of benzene rings is 2. The minimum atomic E-state index is -0.565. The lowest BCUT2D eigenvalue weighted by Gasteiger charge is -2.22. The van der Waals surface area contributed by atoms with E-state index in [0.717, 1.165) is 5.56 Å². The van der Waals surface area contributed by atoms with Crippen LogP contribution in [-0.2, 0) is 0 Å². The van der Waals surface area contributed by atoms with Crippen LogP contribution in [0.1, 0.15) is 36.1 Å². The highest BCUT2D eigenvalue weighted by atomic mass is 16.5. The molecule has 11 nitrogen and oxygen atoms in total. The second-order valence-corrected chi connectivity index (χ2v) is 9.41. The summed E-state index contributed by atoms with van der Waals surface area (Å²) >= 11 is 0. The predicted octanol–water partition coefficient (Wildman–Crippen LogP) is 4.09. The quantitative estimate of drug-likeness (QED) is 0.292. The molecule has 3 aromatic heterocycles. The fourth-order valence-corrected chi connectivity index (χ4v) is 4.57. The Bertz CT molecular complexity index is 1790. The van der Waals surface area contributed by atoms with Gasteiger partial charge in [-0.3, -0.25) is 14.2 Å². The summed E-state index contributed by atoms with van der Waals surface area (Å²) in [5.74, 6) is 0.874. The van der Waals surface area contributed by atoms with Crippen LogP contribution in [-0.4, -0.2) is 56.0 Å². The van der Waals surface area contributed by atoms with Gasteiger partial charge in [0, 0.05) is 32.1 Å². The number of aromatic nitrogens is 5. The normalized spacial score (nSPS) is 11.7. The van der Waals surface area contributed by atoms with Crippen molar-refractivity contribution in [1.29, 1.82) is 0 Å². The molecule has 0 fully saturated rings. The van der Waals surface area contributed by atoms with Crippen molar-refractivity contribution in [3.8, 4) is 22.7 Å². The lowest BCUT2D eigenvalue weighted by molar-refractivity contribution is 0.0802. The molecule has 5 rings (SSSR count). The Morgan fingerprint density at radius 3 is 2.61 bits per heavy atom. The molecule has 0 bridgehead atoms. The zero-order chi connectivity index (χ0) is 29.1. The number of para-hydroxylation sites is 1. The molecule has 3 N–H and O–H groups in total. The monoisotopic (exact) mass is 550 g/mol. The van der Waals surface area contributed by atoms with Gasteiger partial charge in [-0.2, -0.15) is 4.98 Å². The highest BCUT2D eigenvalue weighted by molar-refractivity contribution is 5.98. The minimum Gasteiger partial charge on any atom is -0.481 e. The first-order chi connectivity index (χ1) is 19.8.